The van der Waals surface area contributed by atoms with Gasteiger partial charge in [0.15, 0.2) is 6.61 Å². The van der Waals surface area contributed by atoms with Gasteiger partial charge < -0.3 is 24.9 Å². The summed E-state index contributed by atoms with van der Waals surface area (Å²) in [5.74, 6) is 0.338. The number of imidazole rings is 1. The maximum absolute atomic E-state index is 12.4. The van der Waals surface area contributed by atoms with Gasteiger partial charge in [0.1, 0.15) is 5.75 Å². The molecule has 0 aliphatic carbocycles. The van der Waals surface area contributed by atoms with E-state index in [0.717, 1.165) is 37.0 Å². The van der Waals surface area contributed by atoms with Crippen molar-refractivity contribution in [2.75, 3.05) is 19.7 Å². The second-order valence-electron chi connectivity index (χ2n) is 7.40. The van der Waals surface area contributed by atoms with E-state index in [1.807, 2.05) is 17.0 Å². The van der Waals surface area contributed by atoms with Gasteiger partial charge >= 0.3 is 5.69 Å². The Kier molecular flexibility index (Phi) is 5.83. The normalized spacial score (nSPS) is 13.9. The molecule has 30 heavy (non-hydrogen) atoms. The predicted molar refractivity (Wildman–Crippen MR) is 112 cm³/mol. The maximum atomic E-state index is 12.4. The molecule has 0 radical (unpaired) electrons. The Labute approximate surface area is 173 Å². The van der Waals surface area contributed by atoms with Crippen LogP contribution in [-0.4, -0.2) is 46.4 Å². The Morgan fingerprint density at radius 3 is 2.47 bits per heavy atom. The number of hydrogen-bond acceptors (Lipinski definition) is 4. The van der Waals surface area contributed by atoms with Crippen LogP contribution in [-0.2, 0) is 11.3 Å². The first-order chi connectivity index (χ1) is 14.6. The Morgan fingerprint density at radius 2 is 1.70 bits per heavy atom. The molecule has 3 N–H and O–H groups in total. The molecular formula is C22H24N4O4. The lowest BCUT2D eigenvalue weighted by Crippen LogP contribution is -2.38. The number of carbonyl (C=O) groups is 2. The topological polar surface area (TPSA) is 107 Å². The number of nitrogens with zero attached hydrogens (tertiary/aromatic N) is 1. The van der Waals surface area contributed by atoms with Crippen LogP contribution in [0.25, 0.3) is 11.0 Å². The van der Waals surface area contributed by atoms with Crippen LogP contribution in [0.5, 0.6) is 5.75 Å². The second-order valence-corrected chi connectivity index (χ2v) is 7.40. The highest BCUT2D eigenvalue weighted by atomic mass is 16.5. The minimum Gasteiger partial charge on any atom is -0.484 e. The standard InChI is InChI=1S/C22H24N4O4/c27-20(26-10-2-1-3-11-26)14-30-17-7-5-16(6-8-17)21(28)23-13-15-4-9-18-19(12-15)25-22(29)24-18/h4-9,12H,1-3,10-11,13-14H2,(H,23,28)(H2,24,25,29). The van der Waals surface area contributed by atoms with E-state index in [0.29, 0.717) is 23.4 Å². The maximum Gasteiger partial charge on any atom is 0.323 e. The number of amides is 2. The lowest BCUT2D eigenvalue weighted by molar-refractivity contribution is -0.134. The minimum atomic E-state index is -0.258. The lowest BCUT2D eigenvalue weighted by Gasteiger charge is -2.26. The number of aromatic amines is 2. The van der Waals surface area contributed by atoms with Gasteiger partial charge in [0, 0.05) is 25.2 Å². The minimum absolute atomic E-state index is 0.00254. The summed E-state index contributed by atoms with van der Waals surface area (Å²) in [5, 5.41) is 2.86. The van der Waals surface area contributed by atoms with Crippen molar-refractivity contribution in [1.82, 2.24) is 20.2 Å². The molecule has 3 aromatic rings. The van der Waals surface area contributed by atoms with Crippen molar-refractivity contribution >= 4 is 22.8 Å². The predicted octanol–water partition coefficient (Wildman–Crippen LogP) is 2.18. The van der Waals surface area contributed by atoms with E-state index < -0.39 is 0 Å². The van der Waals surface area contributed by atoms with Crippen LogP contribution in [0.1, 0.15) is 35.2 Å². The van der Waals surface area contributed by atoms with Gasteiger partial charge in [-0.05, 0) is 61.2 Å². The highest BCUT2D eigenvalue weighted by Crippen LogP contribution is 2.14. The van der Waals surface area contributed by atoms with E-state index in [2.05, 4.69) is 15.3 Å². The van der Waals surface area contributed by atoms with Crippen molar-refractivity contribution in [3.8, 4) is 5.75 Å². The van der Waals surface area contributed by atoms with Crippen molar-refractivity contribution in [3.05, 3.63) is 64.1 Å². The summed E-state index contributed by atoms with van der Waals surface area (Å²) >= 11 is 0. The Morgan fingerprint density at radius 1 is 0.967 bits per heavy atom. The Balaban J connectivity index is 1.28. The summed E-state index contributed by atoms with van der Waals surface area (Å²) in [7, 11) is 0. The van der Waals surface area contributed by atoms with E-state index in [9.17, 15) is 14.4 Å². The van der Waals surface area contributed by atoms with Gasteiger partial charge in [-0.1, -0.05) is 6.07 Å². The first kappa shape index (κ1) is 19.8. The zero-order valence-corrected chi connectivity index (χ0v) is 16.6. The smallest absolute Gasteiger partial charge is 0.323 e. The summed E-state index contributed by atoms with van der Waals surface area (Å²) in [6.07, 6.45) is 3.27. The van der Waals surface area contributed by atoms with Crippen LogP contribution < -0.4 is 15.7 Å². The van der Waals surface area contributed by atoms with Crippen molar-refractivity contribution in [2.45, 2.75) is 25.8 Å². The molecule has 0 unspecified atom stereocenters. The highest BCUT2D eigenvalue weighted by molar-refractivity contribution is 5.94. The number of piperidine rings is 1. The summed E-state index contributed by atoms with van der Waals surface area (Å²) in [6.45, 7) is 1.95. The summed E-state index contributed by atoms with van der Waals surface area (Å²) in [4.78, 5) is 43.1. The molecule has 1 saturated heterocycles. The molecule has 8 nitrogen and oxygen atoms in total. The van der Waals surface area contributed by atoms with Crippen LogP contribution in [0, 0.1) is 0 Å². The fraction of sp³-hybridized carbons (Fsp3) is 0.318. The van der Waals surface area contributed by atoms with Gasteiger partial charge in [-0.15, -0.1) is 0 Å². The largest absolute Gasteiger partial charge is 0.484 e. The molecular weight excluding hydrogens is 384 g/mol. The first-order valence-corrected chi connectivity index (χ1v) is 10.1. The number of rotatable bonds is 6. The van der Waals surface area contributed by atoms with Crippen molar-refractivity contribution in [1.29, 1.82) is 0 Å². The molecule has 156 valence electrons. The van der Waals surface area contributed by atoms with Crippen molar-refractivity contribution < 1.29 is 14.3 Å². The lowest BCUT2D eigenvalue weighted by atomic mass is 10.1. The number of H-pyrrole nitrogens is 2. The van der Waals surface area contributed by atoms with Crippen molar-refractivity contribution in [3.63, 3.8) is 0 Å². The van der Waals surface area contributed by atoms with E-state index in [4.69, 9.17) is 4.74 Å². The third kappa shape index (κ3) is 4.71. The number of benzene rings is 2. The van der Waals surface area contributed by atoms with Crippen LogP contribution in [0.4, 0.5) is 0 Å². The number of likely N-dealkylation sites (tertiary alicyclic amines) is 1. The molecule has 0 bridgehead atoms. The third-order valence-corrected chi connectivity index (χ3v) is 5.22. The monoisotopic (exact) mass is 408 g/mol. The highest BCUT2D eigenvalue weighted by Gasteiger charge is 2.16. The molecule has 1 fully saturated rings. The molecule has 0 saturated carbocycles. The van der Waals surface area contributed by atoms with Gasteiger partial charge in [-0.3, -0.25) is 9.59 Å². The average molecular weight is 408 g/mol. The summed E-state index contributed by atoms with van der Waals surface area (Å²) in [5.41, 5.74) is 2.55. The molecule has 8 heteroatoms. The number of aromatic nitrogens is 2. The molecule has 2 amide bonds. The molecule has 2 heterocycles. The molecule has 1 aromatic heterocycles. The van der Waals surface area contributed by atoms with E-state index >= 15 is 0 Å². The van der Waals surface area contributed by atoms with Crippen LogP contribution >= 0.6 is 0 Å². The zero-order chi connectivity index (χ0) is 20.9. The zero-order valence-electron chi connectivity index (χ0n) is 16.6. The molecule has 1 aliphatic heterocycles. The number of hydrogen-bond donors (Lipinski definition) is 3. The molecule has 1 aliphatic rings. The average Bonchev–Trinajstić information content (AvgIpc) is 3.16. The summed E-state index contributed by atoms with van der Waals surface area (Å²) in [6, 6.07) is 12.2. The molecule has 2 aromatic carbocycles. The number of ether oxygens (including phenoxy) is 1. The van der Waals surface area contributed by atoms with Crippen LogP contribution in [0.15, 0.2) is 47.3 Å². The SMILES string of the molecule is O=C(NCc1ccc2[nH]c(=O)[nH]c2c1)c1ccc(OCC(=O)N2CCCCC2)cc1. The van der Waals surface area contributed by atoms with Crippen molar-refractivity contribution in [2.24, 2.45) is 0 Å². The van der Waals surface area contributed by atoms with Gasteiger partial charge in [0.25, 0.3) is 11.8 Å². The molecule has 0 spiro atoms. The van der Waals surface area contributed by atoms with Gasteiger partial charge in [0.05, 0.1) is 11.0 Å². The molecule has 4 rings (SSSR count). The number of fused-ring (bicyclic) bond motifs is 1. The van der Waals surface area contributed by atoms with Gasteiger partial charge in [-0.25, -0.2) is 4.79 Å². The summed E-state index contributed by atoms with van der Waals surface area (Å²) < 4.78 is 5.57. The first-order valence-electron chi connectivity index (χ1n) is 10.1. The van der Waals surface area contributed by atoms with Gasteiger partial charge in [0.2, 0.25) is 0 Å². The fourth-order valence-corrected chi connectivity index (χ4v) is 3.56. The van der Waals surface area contributed by atoms with Crippen LogP contribution in [0.2, 0.25) is 0 Å². The fourth-order valence-electron chi connectivity index (χ4n) is 3.56. The van der Waals surface area contributed by atoms with Gasteiger partial charge in [-0.2, -0.15) is 0 Å². The quantitative estimate of drug-likeness (QED) is 0.581. The molecule has 0 atom stereocenters. The third-order valence-electron chi connectivity index (χ3n) is 5.22. The Bertz CT molecular complexity index is 1090. The van der Waals surface area contributed by atoms with E-state index in [1.54, 1.807) is 30.3 Å². The van der Waals surface area contributed by atoms with Crippen LogP contribution in [0.3, 0.4) is 0 Å². The Hall–Kier alpha value is -3.55. The van der Waals surface area contributed by atoms with E-state index in [1.165, 1.54) is 6.42 Å². The second kappa shape index (κ2) is 8.86. The number of carbonyl (C=O) groups excluding carboxylic acids is 2. The van der Waals surface area contributed by atoms with E-state index in [-0.39, 0.29) is 24.1 Å². The number of nitrogens with one attached hydrogen (secondary N) is 3.